The maximum atomic E-state index is 13.2. The van der Waals surface area contributed by atoms with Gasteiger partial charge < -0.3 is 0 Å². The molecule has 0 N–H and O–H groups in total. The van der Waals surface area contributed by atoms with E-state index in [1.807, 2.05) is 6.92 Å². The van der Waals surface area contributed by atoms with Crippen molar-refractivity contribution in [2.24, 2.45) is 5.92 Å². The summed E-state index contributed by atoms with van der Waals surface area (Å²) in [6, 6.07) is 2.64. The quantitative estimate of drug-likeness (QED) is 0.802. The molecule has 1 fully saturated rings. The molecule has 20 heavy (non-hydrogen) atoms. The van der Waals surface area contributed by atoms with Crippen LogP contribution in [0.15, 0.2) is 23.1 Å². The second kappa shape index (κ2) is 5.95. The first kappa shape index (κ1) is 15.7. The molecule has 0 amide bonds. The number of hydrogen-bond acceptors (Lipinski definition) is 2. The number of nitrogens with zero attached hydrogens (tertiary/aromatic N) is 1. The minimum atomic E-state index is -3.77. The third-order valence-electron chi connectivity index (χ3n) is 3.68. The van der Waals surface area contributed by atoms with Crippen LogP contribution in [0, 0.1) is 17.6 Å². The van der Waals surface area contributed by atoms with E-state index in [1.54, 1.807) is 0 Å². The van der Waals surface area contributed by atoms with Crippen LogP contribution < -0.4 is 0 Å². The van der Waals surface area contributed by atoms with Crippen LogP contribution in [0.5, 0.6) is 0 Å². The molecular weight excluding hydrogens is 308 g/mol. The van der Waals surface area contributed by atoms with Crippen molar-refractivity contribution in [3.05, 3.63) is 29.8 Å². The molecule has 1 saturated heterocycles. The van der Waals surface area contributed by atoms with E-state index >= 15 is 0 Å². The average molecular weight is 324 g/mol. The van der Waals surface area contributed by atoms with Gasteiger partial charge in [-0.05, 0) is 43.9 Å². The van der Waals surface area contributed by atoms with Crippen molar-refractivity contribution in [3.8, 4) is 0 Å². The molecule has 0 saturated carbocycles. The number of benzene rings is 1. The Bertz CT molecular complexity index is 584. The van der Waals surface area contributed by atoms with E-state index in [0.29, 0.717) is 25.9 Å². The van der Waals surface area contributed by atoms with E-state index in [1.165, 1.54) is 4.31 Å². The Balaban J connectivity index is 2.17. The minimum absolute atomic E-state index is 0.00289. The second-order valence-electron chi connectivity index (χ2n) is 4.99. The highest BCUT2D eigenvalue weighted by Gasteiger charge is 2.31. The van der Waals surface area contributed by atoms with Gasteiger partial charge in [-0.25, -0.2) is 17.2 Å². The van der Waals surface area contributed by atoms with Gasteiger partial charge >= 0.3 is 0 Å². The van der Waals surface area contributed by atoms with Crippen LogP contribution in [0.2, 0.25) is 0 Å². The van der Waals surface area contributed by atoms with Gasteiger partial charge in [0.05, 0.1) is 4.90 Å². The molecule has 0 bridgehead atoms. The summed E-state index contributed by atoms with van der Waals surface area (Å²) in [7, 11) is -3.77. The predicted molar refractivity (Wildman–Crippen MR) is 73.2 cm³/mol. The molecule has 1 aliphatic rings. The van der Waals surface area contributed by atoms with Crippen LogP contribution in [0.4, 0.5) is 8.78 Å². The average Bonchev–Trinajstić information content (AvgIpc) is 2.41. The summed E-state index contributed by atoms with van der Waals surface area (Å²) in [4.78, 5) is -0.214. The zero-order chi connectivity index (χ0) is 14.9. The van der Waals surface area contributed by atoms with Gasteiger partial charge in [0.2, 0.25) is 10.0 Å². The monoisotopic (exact) mass is 323 g/mol. The lowest BCUT2D eigenvalue weighted by molar-refractivity contribution is 0.271. The van der Waals surface area contributed by atoms with Crippen molar-refractivity contribution in [1.82, 2.24) is 4.31 Å². The number of rotatable bonds is 3. The summed E-state index contributed by atoms with van der Waals surface area (Å²) in [5, 5.41) is 0.00289. The van der Waals surface area contributed by atoms with Crippen LogP contribution >= 0.6 is 11.6 Å². The van der Waals surface area contributed by atoms with Crippen molar-refractivity contribution in [2.75, 3.05) is 13.1 Å². The van der Waals surface area contributed by atoms with Crippen LogP contribution in [-0.4, -0.2) is 31.2 Å². The molecule has 3 nitrogen and oxygen atoms in total. The molecule has 0 radical (unpaired) electrons. The number of alkyl halides is 1. The Kier molecular flexibility index (Phi) is 4.66. The fourth-order valence-corrected chi connectivity index (χ4v) is 4.10. The summed E-state index contributed by atoms with van der Waals surface area (Å²) in [5.74, 6) is -1.93. The Hall–Kier alpha value is -0.720. The van der Waals surface area contributed by atoms with Gasteiger partial charge in [0.25, 0.3) is 0 Å². The van der Waals surface area contributed by atoms with Gasteiger partial charge in [0.15, 0.2) is 11.6 Å². The summed E-state index contributed by atoms with van der Waals surface area (Å²) in [6.45, 7) is 2.60. The SMILES string of the molecule is CC(Cl)C1CCN(S(=O)(=O)c2ccc(F)c(F)c2)CC1. The number of piperidine rings is 1. The van der Waals surface area contributed by atoms with Gasteiger partial charge in [-0.2, -0.15) is 4.31 Å². The molecule has 0 aliphatic carbocycles. The molecule has 0 aromatic heterocycles. The molecular formula is C13H16ClF2NO2S. The molecule has 2 rings (SSSR count). The first-order chi connectivity index (χ1) is 9.32. The molecule has 0 spiro atoms. The molecule has 112 valence electrons. The number of hydrogen-bond donors (Lipinski definition) is 0. The van der Waals surface area contributed by atoms with Crippen molar-refractivity contribution in [3.63, 3.8) is 0 Å². The van der Waals surface area contributed by atoms with Crippen molar-refractivity contribution in [2.45, 2.75) is 30.0 Å². The maximum absolute atomic E-state index is 13.2. The normalized spacial score (nSPS) is 20.0. The standard InChI is InChI=1S/C13H16ClF2NO2S/c1-9(14)10-4-6-17(7-5-10)20(18,19)11-2-3-12(15)13(16)8-11/h2-3,8-10H,4-7H2,1H3. The van der Waals surface area contributed by atoms with Crippen molar-refractivity contribution >= 4 is 21.6 Å². The fraction of sp³-hybridized carbons (Fsp3) is 0.538. The zero-order valence-corrected chi connectivity index (χ0v) is 12.6. The fourth-order valence-electron chi connectivity index (χ4n) is 2.36. The molecule has 1 aromatic carbocycles. The van der Waals surface area contributed by atoms with Crippen molar-refractivity contribution < 1.29 is 17.2 Å². The van der Waals surface area contributed by atoms with E-state index < -0.39 is 21.7 Å². The zero-order valence-electron chi connectivity index (χ0n) is 11.0. The third-order valence-corrected chi connectivity index (χ3v) is 5.93. The Morgan fingerprint density at radius 3 is 2.35 bits per heavy atom. The maximum Gasteiger partial charge on any atom is 0.243 e. The molecule has 1 unspecified atom stereocenters. The van der Waals surface area contributed by atoms with E-state index in [4.69, 9.17) is 11.6 Å². The Morgan fingerprint density at radius 1 is 1.25 bits per heavy atom. The summed E-state index contributed by atoms with van der Waals surface area (Å²) >= 11 is 6.01. The second-order valence-corrected chi connectivity index (χ2v) is 7.62. The third kappa shape index (κ3) is 3.13. The summed E-state index contributed by atoms with van der Waals surface area (Å²) in [5.41, 5.74) is 0. The topological polar surface area (TPSA) is 37.4 Å². The first-order valence-electron chi connectivity index (χ1n) is 6.41. The lowest BCUT2D eigenvalue weighted by atomic mass is 9.95. The van der Waals surface area contributed by atoms with Gasteiger partial charge in [0.1, 0.15) is 0 Å². The summed E-state index contributed by atoms with van der Waals surface area (Å²) < 4.78 is 52.0. The van der Waals surface area contributed by atoms with Gasteiger partial charge in [-0.3, -0.25) is 0 Å². The van der Waals surface area contributed by atoms with E-state index in [0.717, 1.165) is 18.2 Å². The highest BCUT2D eigenvalue weighted by molar-refractivity contribution is 7.89. The van der Waals surface area contributed by atoms with E-state index in [2.05, 4.69) is 0 Å². The molecule has 1 heterocycles. The van der Waals surface area contributed by atoms with Crippen LogP contribution in [0.25, 0.3) is 0 Å². The Morgan fingerprint density at radius 2 is 1.85 bits per heavy atom. The number of sulfonamides is 1. The minimum Gasteiger partial charge on any atom is -0.207 e. The first-order valence-corrected chi connectivity index (χ1v) is 8.29. The molecule has 1 aliphatic heterocycles. The van der Waals surface area contributed by atoms with Gasteiger partial charge in [-0.1, -0.05) is 0 Å². The lowest BCUT2D eigenvalue weighted by Gasteiger charge is -2.32. The van der Waals surface area contributed by atoms with E-state index in [-0.39, 0.29) is 16.2 Å². The number of halogens is 3. The van der Waals surface area contributed by atoms with Gasteiger partial charge in [-0.15, -0.1) is 11.6 Å². The smallest absolute Gasteiger partial charge is 0.207 e. The molecule has 1 aromatic rings. The van der Waals surface area contributed by atoms with Gasteiger partial charge in [0, 0.05) is 18.5 Å². The van der Waals surface area contributed by atoms with Crippen molar-refractivity contribution in [1.29, 1.82) is 0 Å². The predicted octanol–water partition coefficient (Wildman–Crippen LogP) is 2.99. The largest absolute Gasteiger partial charge is 0.243 e. The van der Waals surface area contributed by atoms with E-state index in [9.17, 15) is 17.2 Å². The van der Waals surface area contributed by atoms with Crippen LogP contribution in [-0.2, 0) is 10.0 Å². The Labute approximate surface area is 122 Å². The molecule has 7 heteroatoms. The summed E-state index contributed by atoms with van der Waals surface area (Å²) in [6.07, 6.45) is 1.35. The highest BCUT2D eigenvalue weighted by Crippen LogP contribution is 2.28. The van der Waals surface area contributed by atoms with Crippen LogP contribution in [0.1, 0.15) is 19.8 Å². The highest BCUT2D eigenvalue weighted by atomic mass is 35.5. The molecule has 1 atom stereocenters. The lowest BCUT2D eigenvalue weighted by Crippen LogP contribution is -2.40. The van der Waals surface area contributed by atoms with Crippen LogP contribution in [0.3, 0.4) is 0 Å².